The van der Waals surface area contributed by atoms with Crippen molar-refractivity contribution >= 4 is 40.9 Å². The molecule has 1 heterocycles. The third kappa shape index (κ3) is 6.47. The number of hydrogen-bond acceptors (Lipinski definition) is 6. The molecule has 3 aromatic rings. The first-order valence-corrected chi connectivity index (χ1v) is 10.8. The van der Waals surface area contributed by atoms with Crippen LogP contribution in [0.15, 0.2) is 53.7 Å². The molecule has 0 spiro atoms. The fraction of sp³-hybridized carbons (Fsp3) is 0.238. The normalized spacial score (nSPS) is 10.5. The summed E-state index contributed by atoms with van der Waals surface area (Å²) in [4.78, 5) is 24.4. The van der Waals surface area contributed by atoms with E-state index in [4.69, 9.17) is 16.3 Å². The number of amides is 2. The van der Waals surface area contributed by atoms with Crippen LogP contribution in [-0.4, -0.2) is 46.0 Å². The Bertz CT molecular complexity index is 1040. The Labute approximate surface area is 189 Å². The SMILES string of the molecule is COc1ccc(C(=O)NCCc2nnc(SCC(=O)Nc3ccc(Cl)cc3)n2C)cc1. The van der Waals surface area contributed by atoms with Gasteiger partial charge in [-0.3, -0.25) is 9.59 Å². The number of benzene rings is 2. The number of carbonyl (C=O) groups excluding carboxylic acids is 2. The lowest BCUT2D eigenvalue weighted by atomic mass is 10.2. The molecule has 0 saturated carbocycles. The van der Waals surface area contributed by atoms with Gasteiger partial charge < -0.3 is 19.9 Å². The third-order valence-corrected chi connectivity index (χ3v) is 5.64. The molecule has 3 rings (SSSR count). The first-order chi connectivity index (χ1) is 15.0. The average molecular weight is 460 g/mol. The summed E-state index contributed by atoms with van der Waals surface area (Å²) in [7, 11) is 3.41. The Morgan fingerprint density at radius 1 is 1.10 bits per heavy atom. The maximum Gasteiger partial charge on any atom is 0.251 e. The summed E-state index contributed by atoms with van der Waals surface area (Å²) in [5.41, 5.74) is 1.24. The van der Waals surface area contributed by atoms with E-state index in [1.165, 1.54) is 11.8 Å². The molecule has 0 bridgehead atoms. The van der Waals surface area contributed by atoms with Crippen molar-refractivity contribution in [1.29, 1.82) is 0 Å². The molecule has 2 aromatic carbocycles. The number of thioether (sulfide) groups is 1. The lowest BCUT2D eigenvalue weighted by Gasteiger charge is -2.07. The van der Waals surface area contributed by atoms with Gasteiger partial charge in [0.1, 0.15) is 11.6 Å². The standard InChI is InChI=1S/C21H22ClN5O3S/c1-27-18(11-12-23-20(29)14-3-9-17(30-2)10-4-14)25-26-21(27)31-13-19(28)24-16-7-5-15(22)6-8-16/h3-10H,11-13H2,1-2H3,(H,23,29)(H,24,28). The topological polar surface area (TPSA) is 98.1 Å². The highest BCUT2D eigenvalue weighted by molar-refractivity contribution is 7.99. The number of halogens is 1. The monoisotopic (exact) mass is 459 g/mol. The number of carbonyl (C=O) groups is 2. The number of rotatable bonds is 9. The van der Waals surface area contributed by atoms with Gasteiger partial charge in [0, 0.05) is 36.3 Å². The van der Waals surface area contributed by atoms with Crippen molar-refractivity contribution in [3.8, 4) is 5.75 Å². The second-order valence-corrected chi connectivity index (χ2v) is 7.91. The second-order valence-electron chi connectivity index (χ2n) is 6.54. The van der Waals surface area contributed by atoms with Crippen LogP contribution in [0.2, 0.25) is 5.02 Å². The molecule has 1 aromatic heterocycles. The smallest absolute Gasteiger partial charge is 0.251 e. The minimum Gasteiger partial charge on any atom is -0.497 e. The van der Waals surface area contributed by atoms with Gasteiger partial charge in [0.25, 0.3) is 5.91 Å². The molecule has 2 amide bonds. The number of anilines is 1. The lowest BCUT2D eigenvalue weighted by molar-refractivity contribution is -0.113. The molecule has 10 heteroatoms. The second kappa shape index (κ2) is 10.8. The number of aromatic nitrogens is 3. The van der Waals surface area contributed by atoms with Gasteiger partial charge in [0.05, 0.1) is 12.9 Å². The summed E-state index contributed by atoms with van der Waals surface area (Å²) >= 11 is 7.13. The van der Waals surface area contributed by atoms with Crippen molar-refractivity contribution in [2.75, 3.05) is 24.7 Å². The highest BCUT2D eigenvalue weighted by atomic mass is 35.5. The molecule has 0 aliphatic rings. The third-order valence-electron chi connectivity index (χ3n) is 4.37. The van der Waals surface area contributed by atoms with E-state index in [-0.39, 0.29) is 17.6 Å². The zero-order chi connectivity index (χ0) is 22.2. The van der Waals surface area contributed by atoms with Crippen LogP contribution in [-0.2, 0) is 18.3 Å². The number of methoxy groups -OCH3 is 1. The molecule has 162 valence electrons. The Balaban J connectivity index is 1.45. The van der Waals surface area contributed by atoms with Crippen molar-refractivity contribution < 1.29 is 14.3 Å². The zero-order valence-corrected chi connectivity index (χ0v) is 18.7. The fourth-order valence-electron chi connectivity index (χ4n) is 2.68. The van der Waals surface area contributed by atoms with Crippen molar-refractivity contribution in [2.45, 2.75) is 11.6 Å². The van der Waals surface area contributed by atoms with E-state index in [1.807, 2.05) is 11.6 Å². The van der Waals surface area contributed by atoms with Crippen LogP contribution in [0.4, 0.5) is 5.69 Å². The van der Waals surface area contributed by atoms with Gasteiger partial charge in [-0.05, 0) is 48.5 Å². The van der Waals surface area contributed by atoms with Crippen molar-refractivity contribution in [2.24, 2.45) is 7.05 Å². The lowest BCUT2D eigenvalue weighted by Crippen LogP contribution is -2.26. The maximum atomic E-state index is 12.2. The van der Waals surface area contributed by atoms with Gasteiger partial charge in [0.15, 0.2) is 5.16 Å². The van der Waals surface area contributed by atoms with Crippen LogP contribution >= 0.6 is 23.4 Å². The van der Waals surface area contributed by atoms with E-state index in [1.54, 1.807) is 55.6 Å². The summed E-state index contributed by atoms with van der Waals surface area (Å²) in [6.07, 6.45) is 0.517. The molecule has 0 aliphatic heterocycles. The van der Waals surface area contributed by atoms with Crippen LogP contribution in [0, 0.1) is 0 Å². The Morgan fingerprint density at radius 3 is 2.48 bits per heavy atom. The predicted molar refractivity (Wildman–Crippen MR) is 121 cm³/mol. The van der Waals surface area contributed by atoms with E-state index in [0.29, 0.717) is 40.1 Å². The molecule has 0 unspecified atom stereocenters. The van der Waals surface area contributed by atoms with Crippen LogP contribution in [0.3, 0.4) is 0 Å². The van der Waals surface area contributed by atoms with E-state index in [2.05, 4.69) is 20.8 Å². The molecule has 0 fully saturated rings. The Kier molecular flexibility index (Phi) is 7.91. The molecule has 0 aliphatic carbocycles. The zero-order valence-electron chi connectivity index (χ0n) is 17.1. The molecule has 2 N–H and O–H groups in total. The number of nitrogens with one attached hydrogen (secondary N) is 2. The van der Waals surface area contributed by atoms with Crippen LogP contribution in [0.1, 0.15) is 16.2 Å². The average Bonchev–Trinajstić information content (AvgIpc) is 3.13. The minimum atomic E-state index is -0.168. The van der Waals surface area contributed by atoms with Gasteiger partial charge in [0.2, 0.25) is 5.91 Å². The van der Waals surface area contributed by atoms with Crippen LogP contribution in [0.5, 0.6) is 5.75 Å². The molecule has 0 radical (unpaired) electrons. The first-order valence-electron chi connectivity index (χ1n) is 9.45. The van der Waals surface area contributed by atoms with E-state index in [0.717, 1.165) is 5.82 Å². The quantitative estimate of drug-likeness (QED) is 0.477. The minimum absolute atomic E-state index is 0.149. The van der Waals surface area contributed by atoms with Crippen LogP contribution < -0.4 is 15.4 Å². The number of hydrogen-bond donors (Lipinski definition) is 2. The first kappa shape index (κ1) is 22.6. The van der Waals surface area contributed by atoms with Crippen molar-refractivity contribution in [3.63, 3.8) is 0 Å². The molecule has 0 atom stereocenters. The Hall–Kier alpha value is -3.04. The number of nitrogens with zero attached hydrogens (tertiary/aromatic N) is 3. The van der Waals surface area contributed by atoms with Gasteiger partial charge in [-0.2, -0.15) is 0 Å². The summed E-state index contributed by atoms with van der Waals surface area (Å²) < 4.78 is 6.91. The summed E-state index contributed by atoms with van der Waals surface area (Å²) in [6.45, 7) is 0.415. The maximum absolute atomic E-state index is 12.2. The summed E-state index contributed by atoms with van der Waals surface area (Å²) in [6, 6.07) is 13.8. The van der Waals surface area contributed by atoms with Gasteiger partial charge in [-0.1, -0.05) is 23.4 Å². The van der Waals surface area contributed by atoms with E-state index in [9.17, 15) is 9.59 Å². The van der Waals surface area contributed by atoms with Gasteiger partial charge in [-0.25, -0.2) is 0 Å². The molecule has 31 heavy (non-hydrogen) atoms. The predicted octanol–water partition coefficient (Wildman–Crippen LogP) is 3.18. The summed E-state index contributed by atoms with van der Waals surface area (Å²) in [5.74, 6) is 1.29. The number of ether oxygens (including phenoxy) is 1. The van der Waals surface area contributed by atoms with Crippen molar-refractivity contribution in [3.05, 3.63) is 64.9 Å². The largest absolute Gasteiger partial charge is 0.497 e. The summed E-state index contributed by atoms with van der Waals surface area (Å²) in [5, 5.41) is 15.2. The van der Waals surface area contributed by atoms with Gasteiger partial charge in [-0.15, -0.1) is 10.2 Å². The van der Waals surface area contributed by atoms with Crippen LogP contribution in [0.25, 0.3) is 0 Å². The fourth-order valence-corrected chi connectivity index (χ4v) is 3.54. The highest BCUT2D eigenvalue weighted by Gasteiger charge is 2.12. The molecule has 0 saturated heterocycles. The molecular formula is C21H22ClN5O3S. The Morgan fingerprint density at radius 2 is 1.81 bits per heavy atom. The van der Waals surface area contributed by atoms with E-state index < -0.39 is 0 Å². The van der Waals surface area contributed by atoms with E-state index >= 15 is 0 Å². The molecular weight excluding hydrogens is 438 g/mol. The highest BCUT2D eigenvalue weighted by Crippen LogP contribution is 2.18. The van der Waals surface area contributed by atoms with Crippen molar-refractivity contribution in [1.82, 2.24) is 20.1 Å². The van der Waals surface area contributed by atoms with Gasteiger partial charge >= 0.3 is 0 Å². The molecule has 8 nitrogen and oxygen atoms in total.